The number of carbonyl (C=O) groups is 1. The summed E-state index contributed by atoms with van der Waals surface area (Å²) in [6.45, 7) is 1.96. The van der Waals surface area contributed by atoms with Gasteiger partial charge in [0, 0.05) is 23.6 Å². The van der Waals surface area contributed by atoms with Crippen LogP contribution in [-0.4, -0.2) is 31.6 Å². The van der Waals surface area contributed by atoms with Gasteiger partial charge in [-0.25, -0.2) is 4.39 Å². The molecule has 24 heavy (non-hydrogen) atoms. The van der Waals surface area contributed by atoms with Gasteiger partial charge in [-0.3, -0.25) is 4.79 Å². The number of nitrogens with zero attached hydrogens (tertiary/aromatic N) is 1. The third-order valence-electron chi connectivity index (χ3n) is 3.51. The number of carbonyl (C=O) groups excluding carboxylic acids is 1. The normalized spacial score (nSPS) is 10.4. The van der Waals surface area contributed by atoms with Crippen molar-refractivity contribution in [1.82, 2.24) is 4.90 Å². The molecule has 0 saturated carbocycles. The number of aryl methyl sites for hydroxylation is 1. The highest BCUT2D eigenvalue weighted by molar-refractivity contribution is 9.10. The zero-order valence-corrected chi connectivity index (χ0v) is 15.4. The van der Waals surface area contributed by atoms with Crippen molar-refractivity contribution in [2.75, 3.05) is 20.8 Å². The third-order valence-corrected chi connectivity index (χ3v) is 4.00. The van der Waals surface area contributed by atoms with E-state index in [4.69, 9.17) is 9.47 Å². The molecular weight excluding hydrogens is 377 g/mol. The standard InChI is InChI=1S/C18H19BrFNO3/c1-12-4-7-16(17(8-12)23-3)24-11-18(22)21(2)10-13-9-14(19)5-6-15(13)20/h4-9H,10-11H2,1-3H3. The van der Waals surface area contributed by atoms with Crippen molar-refractivity contribution in [2.45, 2.75) is 13.5 Å². The quantitative estimate of drug-likeness (QED) is 0.743. The fraction of sp³-hybridized carbons (Fsp3) is 0.278. The Balaban J connectivity index is 1.98. The Morgan fingerprint density at radius 3 is 2.67 bits per heavy atom. The molecule has 0 atom stereocenters. The molecule has 0 saturated heterocycles. The van der Waals surface area contributed by atoms with Gasteiger partial charge < -0.3 is 14.4 Å². The van der Waals surface area contributed by atoms with Gasteiger partial charge in [0.25, 0.3) is 5.91 Å². The molecule has 2 aromatic carbocycles. The van der Waals surface area contributed by atoms with Gasteiger partial charge in [-0.05, 0) is 42.8 Å². The zero-order valence-electron chi connectivity index (χ0n) is 13.8. The van der Waals surface area contributed by atoms with Crippen molar-refractivity contribution < 1.29 is 18.7 Å². The van der Waals surface area contributed by atoms with Gasteiger partial charge in [0.1, 0.15) is 5.82 Å². The number of likely N-dealkylation sites (N-methyl/N-ethyl adjacent to an activating group) is 1. The third kappa shape index (κ3) is 4.71. The first-order chi connectivity index (χ1) is 11.4. The summed E-state index contributed by atoms with van der Waals surface area (Å²) in [5, 5.41) is 0. The minimum Gasteiger partial charge on any atom is -0.493 e. The van der Waals surface area contributed by atoms with Crippen LogP contribution in [0.5, 0.6) is 11.5 Å². The summed E-state index contributed by atoms with van der Waals surface area (Å²) >= 11 is 3.30. The number of methoxy groups -OCH3 is 1. The molecule has 0 fully saturated rings. The van der Waals surface area contributed by atoms with Gasteiger partial charge in [-0.15, -0.1) is 0 Å². The zero-order chi connectivity index (χ0) is 17.7. The molecule has 4 nitrogen and oxygen atoms in total. The molecule has 0 bridgehead atoms. The van der Waals surface area contributed by atoms with Crippen LogP contribution in [0.2, 0.25) is 0 Å². The molecule has 2 aromatic rings. The summed E-state index contributed by atoms with van der Waals surface area (Å²) in [6, 6.07) is 10.1. The first kappa shape index (κ1) is 18.3. The Kier molecular flexibility index (Phi) is 6.20. The van der Waals surface area contributed by atoms with Crippen molar-refractivity contribution in [3.63, 3.8) is 0 Å². The number of rotatable bonds is 6. The number of benzene rings is 2. The van der Waals surface area contributed by atoms with Crippen LogP contribution in [0.1, 0.15) is 11.1 Å². The van der Waals surface area contributed by atoms with Crippen molar-refractivity contribution in [3.8, 4) is 11.5 Å². The van der Waals surface area contributed by atoms with Gasteiger partial charge in [-0.2, -0.15) is 0 Å². The van der Waals surface area contributed by atoms with Gasteiger partial charge in [0.2, 0.25) is 0 Å². The minimum absolute atomic E-state index is 0.147. The lowest BCUT2D eigenvalue weighted by Gasteiger charge is -2.19. The second-order valence-corrected chi connectivity index (χ2v) is 6.34. The van der Waals surface area contributed by atoms with Crippen LogP contribution in [-0.2, 0) is 11.3 Å². The highest BCUT2D eigenvalue weighted by Gasteiger charge is 2.14. The number of halogens is 2. The fourth-order valence-corrected chi connectivity index (χ4v) is 2.56. The van der Waals surface area contributed by atoms with Gasteiger partial charge in [0.15, 0.2) is 18.1 Å². The van der Waals surface area contributed by atoms with E-state index in [1.54, 1.807) is 32.4 Å². The Bertz CT molecular complexity index is 736. The van der Waals surface area contributed by atoms with Crippen LogP contribution >= 0.6 is 15.9 Å². The number of hydrogen-bond donors (Lipinski definition) is 0. The first-order valence-corrected chi connectivity index (χ1v) is 8.15. The first-order valence-electron chi connectivity index (χ1n) is 7.36. The van der Waals surface area contributed by atoms with Gasteiger partial charge in [0.05, 0.1) is 7.11 Å². The summed E-state index contributed by atoms with van der Waals surface area (Å²) in [4.78, 5) is 13.6. The largest absolute Gasteiger partial charge is 0.493 e. The van der Waals surface area contributed by atoms with E-state index in [-0.39, 0.29) is 24.9 Å². The molecular formula is C18H19BrFNO3. The van der Waals surface area contributed by atoms with Crippen molar-refractivity contribution in [2.24, 2.45) is 0 Å². The monoisotopic (exact) mass is 395 g/mol. The summed E-state index contributed by atoms with van der Waals surface area (Å²) in [6.07, 6.45) is 0. The molecule has 0 heterocycles. The van der Waals surface area contributed by atoms with E-state index in [1.165, 1.54) is 11.0 Å². The van der Waals surface area contributed by atoms with Crippen LogP contribution in [0, 0.1) is 12.7 Å². The molecule has 128 valence electrons. The van der Waals surface area contributed by atoms with E-state index >= 15 is 0 Å². The fourth-order valence-electron chi connectivity index (χ4n) is 2.15. The molecule has 1 amide bonds. The van der Waals surface area contributed by atoms with E-state index in [1.807, 2.05) is 19.1 Å². The van der Waals surface area contributed by atoms with E-state index in [0.717, 1.165) is 10.0 Å². The maximum absolute atomic E-state index is 13.8. The maximum Gasteiger partial charge on any atom is 0.260 e. The van der Waals surface area contributed by atoms with Crippen molar-refractivity contribution in [1.29, 1.82) is 0 Å². The summed E-state index contributed by atoms with van der Waals surface area (Å²) in [5.41, 5.74) is 1.47. The van der Waals surface area contributed by atoms with Crippen LogP contribution in [0.3, 0.4) is 0 Å². The van der Waals surface area contributed by atoms with Crippen molar-refractivity contribution >= 4 is 21.8 Å². The smallest absolute Gasteiger partial charge is 0.260 e. The van der Waals surface area contributed by atoms with E-state index < -0.39 is 0 Å². The molecule has 0 N–H and O–H groups in total. The van der Waals surface area contributed by atoms with Crippen LogP contribution in [0.25, 0.3) is 0 Å². The molecule has 0 aliphatic carbocycles. The summed E-state index contributed by atoms with van der Waals surface area (Å²) < 4.78 is 25.3. The molecule has 6 heteroatoms. The predicted molar refractivity (Wildman–Crippen MR) is 93.8 cm³/mol. The van der Waals surface area contributed by atoms with E-state index in [0.29, 0.717) is 17.1 Å². The Labute approximate surface area is 149 Å². The number of hydrogen-bond acceptors (Lipinski definition) is 3. The molecule has 0 radical (unpaired) electrons. The highest BCUT2D eigenvalue weighted by Crippen LogP contribution is 2.27. The highest BCUT2D eigenvalue weighted by atomic mass is 79.9. The van der Waals surface area contributed by atoms with Gasteiger partial charge in [-0.1, -0.05) is 22.0 Å². The second kappa shape index (κ2) is 8.15. The molecule has 0 unspecified atom stereocenters. The Morgan fingerprint density at radius 1 is 1.21 bits per heavy atom. The Hall–Kier alpha value is -2.08. The minimum atomic E-state index is -0.348. The molecule has 2 rings (SSSR count). The van der Waals surface area contributed by atoms with Crippen LogP contribution < -0.4 is 9.47 Å². The van der Waals surface area contributed by atoms with E-state index in [9.17, 15) is 9.18 Å². The summed E-state index contributed by atoms with van der Waals surface area (Å²) in [5.74, 6) is 0.470. The lowest BCUT2D eigenvalue weighted by molar-refractivity contribution is -0.132. The van der Waals surface area contributed by atoms with E-state index in [2.05, 4.69) is 15.9 Å². The van der Waals surface area contributed by atoms with Crippen LogP contribution in [0.4, 0.5) is 4.39 Å². The lowest BCUT2D eigenvalue weighted by Crippen LogP contribution is -2.31. The lowest BCUT2D eigenvalue weighted by atomic mass is 10.2. The molecule has 0 spiro atoms. The number of amides is 1. The molecule has 0 aliphatic rings. The summed E-state index contributed by atoms with van der Waals surface area (Å²) in [7, 11) is 3.16. The topological polar surface area (TPSA) is 38.8 Å². The SMILES string of the molecule is COc1cc(C)ccc1OCC(=O)N(C)Cc1cc(Br)ccc1F. The maximum atomic E-state index is 13.8. The predicted octanol–water partition coefficient (Wildman–Crippen LogP) is 3.94. The van der Waals surface area contributed by atoms with Crippen molar-refractivity contribution in [3.05, 3.63) is 57.8 Å². The average molecular weight is 396 g/mol. The van der Waals surface area contributed by atoms with Gasteiger partial charge >= 0.3 is 0 Å². The second-order valence-electron chi connectivity index (χ2n) is 5.43. The number of ether oxygens (including phenoxy) is 2. The molecule has 0 aliphatic heterocycles. The Morgan fingerprint density at radius 2 is 1.96 bits per heavy atom. The average Bonchev–Trinajstić information content (AvgIpc) is 2.56. The molecule has 0 aromatic heterocycles. The van der Waals surface area contributed by atoms with Crippen LogP contribution in [0.15, 0.2) is 40.9 Å².